The number of hydrogen-bond acceptors (Lipinski definition) is 8. The lowest BCUT2D eigenvalue weighted by Crippen LogP contribution is -2.38. The van der Waals surface area contributed by atoms with Crippen LogP contribution in [0.5, 0.6) is 11.5 Å². The first-order valence-corrected chi connectivity index (χ1v) is 16.7. The molecule has 206 valence electrons. The summed E-state index contributed by atoms with van der Waals surface area (Å²) in [5.74, 6) is 0.255. The van der Waals surface area contributed by atoms with E-state index < -0.39 is 20.0 Å². The van der Waals surface area contributed by atoms with Gasteiger partial charge >= 0.3 is 0 Å². The van der Waals surface area contributed by atoms with Crippen molar-refractivity contribution in [1.29, 1.82) is 0 Å². The largest absolute Gasteiger partial charge is 0.492 e. The minimum atomic E-state index is -3.96. The highest BCUT2D eigenvalue weighted by Gasteiger charge is 2.37. The summed E-state index contributed by atoms with van der Waals surface area (Å²) in [6.07, 6.45) is 2.90. The number of fused-ring (bicyclic) bond motifs is 1. The van der Waals surface area contributed by atoms with E-state index in [-0.39, 0.29) is 40.4 Å². The number of rotatable bonds is 9. The second-order valence-electron chi connectivity index (χ2n) is 9.42. The molecule has 5 rings (SSSR count). The maximum atomic E-state index is 13.9. The van der Waals surface area contributed by atoms with Crippen LogP contribution >= 0.6 is 11.3 Å². The fraction of sp³-hybridized carbons (Fsp3) is 0.500. The first-order chi connectivity index (χ1) is 18.3. The Hall–Kier alpha value is -2.25. The van der Waals surface area contributed by atoms with Crippen LogP contribution in [0.3, 0.4) is 0 Å². The van der Waals surface area contributed by atoms with Crippen LogP contribution < -0.4 is 9.47 Å². The third-order valence-corrected chi connectivity index (χ3v) is 12.1. The Morgan fingerprint density at radius 3 is 1.89 bits per heavy atom. The molecule has 38 heavy (non-hydrogen) atoms. The van der Waals surface area contributed by atoms with Crippen molar-refractivity contribution in [3.05, 3.63) is 41.4 Å². The van der Waals surface area contributed by atoms with Crippen molar-refractivity contribution in [2.75, 3.05) is 39.4 Å². The minimum Gasteiger partial charge on any atom is -0.492 e. The van der Waals surface area contributed by atoms with Crippen molar-refractivity contribution in [2.45, 2.75) is 55.2 Å². The molecule has 0 bridgehead atoms. The van der Waals surface area contributed by atoms with Gasteiger partial charge in [0.2, 0.25) is 20.0 Å². The van der Waals surface area contributed by atoms with Gasteiger partial charge in [0.15, 0.2) is 0 Å². The van der Waals surface area contributed by atoms with Crippen LogP contribution in [0.25, 0.3) is 10.2 Å². The Balaban J connectivity index is 1.44. The van der Waals surface area contributed by atoms with Crippen molar-refractivity contribution in [3.63, 3.8) is 0 Å². The molecule has 12 heteroatoms. The molecule has 2 saturated heterocycles. The summed E-state index contributed by atoms with van der Waals surface area (Å²) in [5, 5.41) is 1.04. The van der Waals surface area contributed by atoms with E-state index in [9.17, 15) is 16.8 Å². The van der Waals surface area contributed by atoms with Crippen molar-refractivity contribution in [2.24, 2.45) is 0 Å². The van der Waals surface area contributed by atoms with E-state index >= 15 is 0 Å². The van der Waals surface area contributed by atoms with E-state index in [0.29, 0.717) is 39.0 Å². The molecule has 2 aliphatic heterocycles. The van der Waals surface area contributed by atoms with Crippen LogP contribution in [0.2, 0.25) is 0 Å². The number of piperidine rings is 1. The number of benzene rings is 2. The van der Waals surface area contributed by atoms with Crippen molar-refractivity contribution < 1.29 is 26.3 Å². The van der Waals surface area contributed by atoms with Gasteiger partial charge in [-0.15, -0.1) is 11.3 Å². The zero-order chi connectivity index (χ0) is 26.9. The number of para-hydroxylation sites is 1. The molecule has 2 fully saturated rings. The quantitative estimate of drug-likeness (QED) is 0.369. The normalized spacial score (nSPS) is 18.3. The van der Waals surface area contributed by atoms with Crippen LogP contribution in [0.1, 0.15) is 50.5 Å². The minimum absolute atomic E-state index is 0.0296. The van der Waals surface area contributed by atoms with E-state index in [4.69, 9.17) is 14.5 Å². The average Bonchev–Trinajstić information content (AvgIpc) is 3.60. The Bertz CT molecular complexity index is 1470. The Morgan fingerprint density at radius 2 is 1.37 bits per heavy atom. The molecule has 0 saturated carbocycles. The fourth-order valence-corrected chi connectivity index (χ4v) is 9.46. The summed E-state index contributed by atoms with van der Waals surface area (Å²) >= 11 is 1.66. The first kappa shape index (κ1) is 27.3. The van der Waals surface area contributed by atoms with E-state index in [1.165, 1.54) is 20.7 Å². The van der Waals surface area contributed by atoms with Gasteiger partial charge in [-0.3, -0.25) is 0 Å². The van der Waals surface area contributed by atoms with Crippen LogP contribution in [-0.2, 0) is 20.0 Å². The Morgan fingerprint density at radius 1 is 0.842 bits per heavy atom. The summed E-state index contributed by atoms with van der Waals surface area (Å²) in [4.78, 5) is 4.65. The van der Waals surface area contributed by atoms with Gasteiger partial charge in [0, 0.05) is 44.2 Å². The number of nitrogens with zero attached hydrogens (tertiary/aromatic N) is 3. The molecule has 2 aromatic carbocycles. The zero-order valence-corrected chi connectivity index (χ0v) is 24.1. The van der Waals surface area contributed by atoms with Crippen molar-refractivity contribution >= 4 is 41.6 Å². The Kier molecular flexibility index (Phi) is 7.97. The van der Waals surface area contributed by atoms with E-state index in [1.807, 2.05) is 18.2 Å². The summed E-state index contributed by atoms with van der Waals surface area (Å²) in [6, 6.07) is 10.7. The average molecular weight is 580 g/mol. The highest BCUT2D eigenvalue weighted by atomic mass is 32.2. The molecule has 2 aliphatic rings. The van der Waals surface area contributed by atoms with Gasteiger partial charge in [0.25, 0.3) is 0 Å². The monoisotopic (exact) mass is 579 g/mol. The van der Waals surface area contributed by atoms with Crippen LogP contribution in [-0.4, -0.2) is 69.8 Å². The van der Waals surface area contributed by atoms with E-state index in [1.54, 1.807) is 25.2 Å². The van der Waals surface area contributed by atoms with Gasteiger partial charge in [0.1, 0.15) is 21.3 Å². The predicted molar refractivity (Wildman–Crippen MR) is 147 cm³/mol. The zero-order valence-electron chi connectivity index (χ0n) is 21.6. The highest BCUT2D eigenvalue weighted by Crippen LogP contribution is 2.40. The molecule has 0 radical (unpaired) electrons. The first-order valence-electron chi connectivity index (χ1n) is 13.0. The van der Waals surface area contributed by atoms with Crippen molar-refractivity contribution in [1.82, 2.24) is 13.6 Å². The standard InChI is InChI=1S/C26H33N3O6S3/c1-3-34-21-18-25(22(35-4-2)17-24(21)37(30,31)28-13-7-8-14-28)38(32,33)29-15-11-19(12-16-29)26-27-20-9-5-6-10-23(20)36-26/h5-6,9-10,17-19H,3-4,7-8,11-16H2,1-2H3. The number of thiazole rings is 1. The summed E-state index contributed by atoms with van der Waals surface area (Å²) < 4.78 is 70.0. The number of aromatic nitrogens is 1. The summed E-state index contributed by atoms with van der Waals surface area (Å²) in [7, 11) is -7.82. The third kappa shape index (κ3) is 5.16. The molecule has 3 aromatic rings. The van der Waals surface area contributed by atoms with Crippen LogP contribution in [0.4, 0.5) is 0 Å². The Labute approximate surface area is 228 Å². The second kappa shape index (κ2) is 11.1. The highest BCUT2D eigenvalue weighted by molar-refractivity contribution is 7.89. The lowest BCUT2D eigenvalue weighted by Gasteiger charge is -2.31. The van der Waals surface area contributed by atoms with E-state index in [2.05, 4.69) is 6.07 Å². The molecule has 0 atom stereocenters. The third-order valence-electron chi connectivity index (χ3n) is 7.02. The molecule has 0 aliphatic carbocycles. The van der Waals surface area contributed by atoms with Gasteiger partial charge in [-0.1, -0.05) is 12.1 Å². The van der Waals surface area contributed by atoms with Gasteiger partial charge in [-0.05, 0) is 51.7 Å². The molecule has 0 unspecified atom stereocenters. The lowest BCUT2D eigenvalue weighted by atomic mass is 9.99. The lowest BCUT2D eigenvalue weighted by molar-refractivity contribution is 0.304. The molecule has 0 N–H and O–H groups in total. The molecule has 3 heterocycles. The summed E-state index contributed by atoms with van der Waals surface area (Å²) in [6.45, 7) is 5.42. The van der Waals surface area contributed by atoms with Gasteiger partial charge in [0.05, 0.1) is 28.4 Å². The van der Waals surface area contributed by atoms with E-state index in [0.717, 1.165) is 28.1 Å². The molecular weight excluding hydrogens is 547 g/mol. The summed E-state index contributed by atoms with van der Waals surface area (Å²) in [5.41, 5.74) is 0.969. The van der Waals surface area contributed by atoms with Gasteiger partial charge < -0.3 is 9.47 Å². The fourth-order valence-electron chi connectivity index (χ4n) is 5.08. The maximum Gasteiger partial charge on any atom is 0.246 e. The second-order valence-corrected chi connectivity index (χ2v) is 14.3. The molecule has 0 spiro atoms. The predicted octanol–water partition coefficient (Wildman–Crippen LogP) is 4.45. The number of ether oxygens (including phenoxy) is 2. The molecule has 1 aromatic heterocycles. The topological polar surface area (TPSA) is 106 Å². The maximum absolute atomic E-state index is 13.9. The van der Waals surface area contributed by atoms with Crippen LogP contribution in [0, 0.1) is 0 Å². The number of sulfonamides is 2. The molecule has 0 amide bonds. The van der Waals surface area contributed by atoms with Crippen molar-refractivity contribution in [3.8, 4) is 11.5 Å². The smallest absolute Gasteiger partial charge is 0.246 e. The van der Waals surface area contributed by atoms with Crippen LogP contribution in [0.15, 0.2) is 46.2 Å². The van der Waals surface area contributed by atoms with Gasteiger partial charge in [-0.2, -0.15) is 8.61 Å². The number of hydrogen-bond donors (Lipinski definition) is 0. The molecular formula is C26H33N3O6S3. The SMILES string of the molecule is CCOc1cc(S(=O)(=O)N2CCC(c3nc4ccccc4s3)CC2)c(OCC)cc1S(=O)(=O)N1CCCC1. The van der Waals surface area contributed by atoms with Gasteiger partial charge in [-0.25, -0.2) is 21.8 Å². The molecule has 9 nitrogen and oxygen atoms in total.